The number of H-pyrrole nitrogens is 1. The van der Waals surface area contributed by atoms with E-state index in [-0.39, 0.29) is 11.6 Å². The molecule has 192 valence electrons. The molecule has 3 N–H and O–H groups in total. The molecule has 6 rings (SSSR count). The summed E-state index contributed by atoms with van der Waals surface area (Å²) in [6.45, 7) is 0. The van der Waals surface area contributed by atoms with E-state index in [0.29, 0.717) is 45.1 Å². The summed E-state index contributed by atoms with van der Waals surface area (Å²) in [4.78, 5) is 25.9. The maximum absolute atomic E-state index is 13.7. The van der Waals surface area contributed by atoms with Crippen LogP contribution in [0.25, 0.3) is 28.1 Å². The summed E-state index contributed by atoms with van der Waals surface area (Å²) in [5.74, 6) is 2.18. The molecule has 1 aliphatic carbocycles. The Bertz CT molecular complexity index is 1640. The lowest BCUT2D eigenvalue weighted by molar-refractivity contribution is 0.400. The highest BCUT2D eigenvalue weighted by atomic mass is 35.5. The van der Waals surface area contributed by atoms with Crippen molar-refractivity contribution in [3.63, 3.8) is 0 Å². The van der Waals surface area contributed by atoms with Crippen molar-refractivity contribution in [3.05, 3.63) is 82.5 Å². The number of aromatic nitrogens is 8. The summed E-state index contributed by atoms with van der Waals surface area (Å²) in [5, 5.41) is 12.0. The SMILES string of the molecule is COc1cn(C(CC2CC2)c2ncc(-c3ccc(N)nc3)[nH]2)c(=O)cc1-c1cc(Cl)ccc1-n1cnnn1. The van der Waals surface area contributed by atoms with E-state index < -0.39 is 0 Å². The van der Waals surface area contributed by atoms with Crippen LogP contribution in [-0.4, -0.2) is 46.8 Å². The number of imidazole rings is 1. The van der Waals surface area contributed by atoms with Gasteiger partial charge in [0.05, 0.1) is 36.9 Å². The van der Waals surface area contributed by atoms with Crippen LogP contribution >= 0.6 is 11.6 Å². The zero-order valence-corrected chi connectivity index (χ0v) is 21.2. The lowest BCUT2D eigenvalue weighted by atomic mass is 10.0. The fourth-order valence-electron chi connectivity index (χ4n) is 4.58. The van der Waals surface area contributed by atoms with E-state index >= 15 is 0 Å². The molecule has 4 heterocycles. The van der Waals surface area contributed by atoms with Gasteiger partial charge in [0.25, 0.3) is 5.56 Å². The van der Waals surface area contributed by atoms with Crippen molar-refractivity contribution in [1.29, 1.82) is 0 Å². The third kappa shape index (κ3) is 4.63. The minimum Gasteiger partial charge on any atom is -0.495 e. The molecular weight excluding hydrogens is 506 g/mol. The molecule has 0 spiro atoms. The number of methoxy groups -OCH3 is 1. The summed E-state index contributed by atoms with van der Waals surface area (Å²) >= 11 is 6.34. The van der Waals surface area contributed by atoms with E-state index in [1.807, 2.05) is 6.07 Å². The van der Waals surface area contributed by atoms with Crippen molar-refractivity contribution >= 4 is 17.4 Å². The highest BCUT2D eigenvalue weighted by molar-refractivity contribution is 6.31. The van der Waals surface area contributed by atoms with Crippen molar-refractivity contribution < 1.29 is 4.74 Å². The molecule has 1 saturated carbocycles. The number of hydrogen-bond acceptors (Lipinski definition) is 8. The third-order valence-electron chi connectivity index (χ3n) is 6.71. The van der Waals surface area contributed by atoms with Gasteiger partial charge in [0.1, 0.15) is 23.7 Å². The number of tetrazole rings is 1. The van der Waals surface area contributed by atoms with Gasteiger partial charge in [-0.05, 0) is 53.1 Å². The van der Waals surface area contributed by atoms with Gasteiger partial charge < -0.3 is 20.0 Å². The molecule has 1 fully saturated rings. The van der Waals surface area contributed by atoms with Crippen LogP contribution < -0.4 is 16.0 Å². The first-order valence-corrected chi connectivity index (χ1v) is 12.5. The molecule has 0 saturated heterocycles. The van der Waals surface area contributed by atoms with E-state index in [1.54, 1.807) is 60.6 Å². The number of rotatable bonds is 8. The number of pyridine rings is 2. The minimum atomic E-state index is -0.299. The van der Waals surface area contributed by atoms with Gasteiger partial charge in [-0.1, -0.05) is 24.4 Å². The molecule has 38 heavy (non-hydrogen) atoms. The van der Waals surface area contributed by atoms with E-state index in [9.17, 15) is 4.79 Å². The number of nitrogen functional groups attached to an aromatic ring is 1. The Morgan fingerprint density at radius 3 is 2.74 bits per heavy atom. The van der Waals surface area contributed by atoms with Gasteiger partial charge in [-0.15, -0.1) is 5.10 Å². The number of hydrogen-bond donors (Lipinski definition) is 2. The van der Waals surface area contributed by atoms with Crippen LogP contribution in [-0.2, 0) is 0 Å². The third-order valence-corrected chi connectivity index (χ3v) is 6.94. The largest absolute Gasteiger partial charge is 0.495 e. The summed E-state index contributed by atoms with van der Waals surface area (Å²) in [6, 6.07) is 10.2. The molecule has 12 heteroatoms. The number of benzene rings is 1. The molecule has 0 radical (unpaired) electrons. The lowest BCUT2D eigenvalue weighted by Crippen LogP contribution is -2.26. The van der Waals surface area contributed by atoms with E-state index in [4.69, 9.17) is 22.1 Å². The molecule has 0 bridgehead atoms. The molecule has 0 aliphatic heterocycles. The summed E-state index contributed by atoms with van der Waals surface area (Å²) in [5.41, 5.74) is 9.12. The number of ether oxygens (including phenoxy) is 1. The molecule has 4 aromatic heterocycles. The van der Waals surface area contributed by atoms with Crippen molar-refractivity contribution in [1.82, 2.24) is 39.7 Å². The van der Waals surface area contributed by atoms with E-state index in [0.717, 1.165) is 30.5 Å². The highest BCUT2D eigenvalue weighted by Gasteiger charge is 2.30. The van der Waals surface area contributed by atoms with Crippen LogP contribution in [0.15, 0.2) is 66.1 Å². The van der Waals surface area contributed by atoms with Crippen LogP contribution in [0.4, 0.5) is 5.82 Å². The van der Waals surface area contributed by atoms with Gasteiger partial charge >= 0.3 is 0 Å². The van der Waals surface area contributed by atoms with Gasteiger partial charge in [-0.3, -0.25) is 4.79 Å². The Labute approximate surface area is 222 Å². The maximum atomic E-state index is 13.7. The van der Waals surface area contributed by atoms with Gasteiger partial charge in [0, 0.05) is 34.0 Å². The molecule has 1 atom stereocenters. The Kier molecular flexibility index (Phi) is 6.12. The fourth-order valence-corrected chi connectivity index (χ4v) is 4.76. The molecule has 1 aliphatic rings. The Morgan fingerprint density at radius 2 is 2.03 bits per heavy atom. The van der Waals surface area contributed by atoms with Gasteiger partial charge in [0.2, 0.25) is 0 Å². The monoisotopic (exact) mass is 529 g/mol. The van der Waals surface area contributed by atoms with Crippen molar-refractivity contribution in [2.24, 2.45) is 5.92 Å². The zero-order chi connectivity index (χ0) is 26.2. The van der Waals surface area contributed by atoms with Crippen LogP contribution in [0.3, 0.4) is 0 Å². The van der Waals surface area contributed by atoms with Gasteiger partial charge in [-0.25, -0.2) is 9.97 Å². The van der Waals surface area contributed by atoms with Gasteiger partial charge in [-0.2, -0.15) is 4.68 Å². The quantitative estimate of drug-likeness (QED) is 0.308. The molecular formula is C26H24ClN9O2. The summed E-state index contributed by atoms with van der Waals surface area (Å²) in [6.07, 6.45) is 9.71. The minimum absolute atomic E-state index is 0.193. The molecule has 1 aromatic carbocycles. The number of nitrogens with one attached hydrogen (secondary N) is 1. The normalized spacial score (nSPS) is 13.9. The van der Waals surface area contributed by atoms with Crippen molar-refractivity contribution in [2.45, 2.75) is 25.3 Å². The predicted molar refractivity (Wildman–Crippen MR) is 142 cm³/mol. The van der Waals surface area contributed by atoms with Crippen LogP contribution in [0, 0.1) is 5.92 Å². The van der Waals surface area contributed by atoms with Crippen molar-refractivity contribution in [2.75, 3.05) is 12.8 Å². The smallest absolute Gasteiger partial charge is 0.252 e. The number of nitrogens with zero attached hydrogens (tertiary/aromatic N) is 7. The molecule has 11 nitrogen and oxygen atoms in total. The molecule has 1 unspecified atom stereocenters. The first-order chi connectivity index (χ1) is 18.5. The second-order valence-electron chi connectivity index (χ2n) is 9.27. The molecule has 0 amide bonds. The average molecular weight is 530 g/mol. The topological polar surface area (TPSA) is 142 Å². The maximum Gasteiger partial charge on any atom is 0.252 e. The Balaban J connectivity index is 1.44. The second-order valence-corrected chi connectivity index (χ2v) is 9.70. The highest BCUT2D eigenvalue weighted by Crippen LogP contribution is 2.40. The lowest BCUT2D eigenvalue weighted by Gasteiger charge is -2.21. The number of halogens is 1. The number of anilines is 1. The fraction of sp³-hybridized carbons (Fsp3) is 0.231. The Hall–Kier alpha value is -4.51. The average Bonchev–Trinajstić information content (AvgIpc) is 3.36. The standard InChI is InChI=1S/C26H24ClN9O2/c1-38-23-13-35(25(37)10-19(23)18-9-17(27)5-6-21(18)36-14-31-33-34-36)22(8-15-2-3-15)26-30-12-20(32-26)16-4-7-24(28)29-11-16/h4-7,9-15,22H,2-3,8H2,1H3,(H2,28,29)(H,30,32). The molecule has 5 aromatic rings. The predicted octanol–water partition coefficient (Wildman–Crippen LogP) is 3.91. The van der Waals surface area contributed by atoms with Crippen LogP contribution in [0.5, 0.6) is 5.75 Å². The van der Waals surface area contributed by atoms with Gasteiger partial charge in [0.15, 0.2) is 0 Å². The summed E-state index contributed by atoms with van der Waals surface area (Å²) < 4.78 is 8.99. The van der Waals surface area contributed by atoms with E-state index in [2.05, 4.69) is 30.5 Å². The summed E-state index contributed by atoms with van der Waals surface area (Å²) in [7, 11) is 1.57. The Morgan fingerprint density at radius 1 is 1.16 bits per heavy atom. The zero-order valence-electron chi connectivity index (χ0n) is 20.5. The first kappa shape index (κ1) is 23.9. The second kappa shape index (κ2) is 9.75. The van der Waals surface area contributed by atoms with Crippen molar-refractivity contribution in [3.8, 4) is 33.8 Å². The van der Waals surface area contributed by atoms with Crippen LogP contribution in [0.1, 0.15) is 31.1 Å². The van der Waals surface area contributed by atoms with E-state index in [1.165, 1.54) is 11.0 Å². The number of nitrogens with two attached hydrogens (primary N) is 1. The number of aromatic amines is 1. The first-order valence-electron chi connectivity index (χ1n) is 12.1. The van der Waals surface area contributed by atoms with Crippen LogP contribution in [0.2, 0.25) is 5.02 Å².